The molecule has 0 unspecified atom stereocenters. The quantitative estimate of drug-likeness (QED) is 0.869. The Morgan fingerprint density at radius 3 is 3.00 bits per heavy atom. The molecule has 0 spiro atoms. The van der Waals surface area contributed by atoms with Gasteiger partial charge in [-0.05, 0) is 37.5 Å². The van der Waals surface area contributed by atoms with Gasteiger partial charge < -0.3 is 10.5 Å². The summed E-state index contributed by atoms with van der Waals surface area (Å²) in [6, 6.07) is 5.77. The molecule has 2 N–H and O–H groups in total. The number of nitrogens with zero attached hydrogens (tertiary/aromatic N) is 3. The van der Waals surface area contributed by atoms with Crippen molar-refractivity contribution in [3.8, 4) is 17.1 Å². The molecule has 0 radical (unpaired) electrons. The highest BCUT2D eigenvalue weighted by molar-refractivity contribution is 5.66. The number of hydrogen-bond donors (Lipinski definition) is 1. The third kappa shape index (κ3) is 2.48. The third-order valence-corrected chi connectivity index (χ3v) is 3.50. The van der Waals surface area contributed by atoms with E-state index in [0.29, 0.717) is 12.3 Å². The van der Waals surface area contributed by atoms with Crippen LogP contribution >= 0.6 is 0 Å². The summed E-state index contributed by atoms with van der Waals surface area (Å²) in [4.78, 5) is 4.61. The van der Waals surface area contributed by atoms with Crippen LogP contribution in [0.5, 0.6) is 5.75 Å². The Morgan fingerprint density at radius 2 is 2.25 bits per heavy atom. The second kappa shape index (κ2) is 5.53. The van der Waals surface area contributed by atoms with Crippen LogP contribution < -0.4 is 10.5 Å². The van der Waals surface area contributed by atoms with E-state index in [9.17, 15) is 0 Å². The van der Waals surface area contributed by atoms with Gasteiger partial charge in [0.25, 0.3) is 0 Å². The Hall–Kier alpha value is -2.04. The number of fused-ring (bicyclic) bond motifs is 1. The number of rotatable bonds is 4. The van der Waals surface area contributed by atoms with E-state index in [1.54, 1.807) is 0 Å². The van der Waals surface area contributed by atoms with Gasteiger partial charge in [0.15, 0.2) is 5.82 Å². The summed E-state index contributed by atoms with van der Waals surface area (Å²) in [7, 11) is 0. The fourth-order valence-corrected chi connectivity index (χ4v) is 2.44. The van der Waals surface area contributed by atoms with E-state index in [0.717, 1.165) is 42.3 Å². The third-order valence-electron chi connectivity index (χ3n) is 3.50. The number of benzene rings is 1. The summed E-state index contributed by atoms with van der Waals surface area (Å²) in [5, 5.41) is 4.56. The second-order valence-corrected chi connectivity index (χ2v) is 5.13. The van der Waals surface area contributed by atoms with Gasteiger partial charge in [-0.2, -0.15) is 5.10 Å². The van der Waals surface area contributed by atoms with Gasteiger partial charge in [-0.3, -0.25) is 0 Å². The summed E-state index contributed by atoms with van der Waals surface area (Å²) in [6.45, 7) is 3.72. The van der Waals surface area contributed by atoms with Crippen LogP contribution in [0.1, 0.15) is 32.0 Å². The fraction of sp³-hybridized carbons (Fsp3) is 0.467. The van der Waals surface area contributed by atoms with Crippen LogP contribution in [0, 0.1) is 0 Å². The molecular weight excluding hydrogens is 252 g/mol. The van der Waals surface area contributed by atoms with Crippen molar-refractivity contribution in [3.05, 3.63) is 24.0 Å². The minimum Gasteiger partial charge on any atom is -0.491 e. The topological polar surface area (TPSA) is 66.0 Å². The van der Waals surface area contributed by atoms with Gasteiger partial charge in [0.1, 0.15) is 11.6 Å². The summed E-state index contributed by atoms with van der Waals surface area (Å²) < 4.78 is 7.60. The highest BCUT2D eigenvalue weighted by Crippen LogP contribution is 2.28. The van der Waals surface area contributed by atoms with Crippen LogP contribution in [-0.4, -0.2) is 21.4 Å². The standard InChI is InChI=1S/C15H20N4O/c1-2-9-20-13-7-6-11(10-12(13)16)15-17-14-5-3-4-8-19(14)18-15/h6-7,10H,2-5,8-9,16H2,1H3. The Morgan fingerprint density at radius 1 is 1.35 bits per heavy atom. The van der Waals surface area contributed by atoms with Crippen LogP contribution in [0.4, 0.5) is 5.69 Å². The van der Waals surface area contributed by atoms with Crippen molar-refractivity contribution >= 4 is 5.69 Å². The average Bonchev–Trinajstić information content (AvgIpc) is 2.90. The molecule has 1 aliphatic rings. The van der Waals surface area contributed by atoms with E-state index in [2.05, 4.69) is 17.0 Å². The minimum atomic E-state index is 0.642. The molecule has 20 heavy (non-hydrogen) atoms. The average molecular weight is 272 g/mol. The maximum Gasteiger partial charge on any atom is 0.181 e. The van der Waals surface area contributed by atoms with Gasteiger partial charge in [-0.15, -0.1) is 0 Å². The van der Waals surface area contributed by atoms with E-state index in [4.69, 9.17) is 10.5 Å². The molecule has 1 aromatic carbocycles. The molecular formula is C15H20N4O. The number of anilines is 1. The van der Waals surface area contributed by atoms with Crippen molar-refractivity contribution in [2.45, 2.75) is 39.2 Å². The fourth-order valence-electron chi connectivity index (χ4n) is 2.44. The second-order valence-electron chi connectivity index (χ2n) is 5.13. The van der Waals surface area contributed by atoms with Crippen molar-refractivity contribution in [2.24, 2.45) is 0 Å². The van der Waals surface area contributed by atoms with Crippen molar-refractivity contribution in [2.75, 3.05) is 12.3 Å². The molecule has 0 saturated carbocycles. The molecule has 5 nitrogen and oxygen atoms in total. The van der Waals surface area contributed by atoms with Crippen LogP contribution in [0.15, 0.2) is 18.2 Å². The van der Waals surface area contributed by atoms with E-state index < -0.39 is 0 Å². The van der Waals surface area contributed by atoms with Crippen molar-refractivity contribution in [1.82, 2.24) is 14.8 Å². The van der Waals surface area contributed by atoms with Crippen molar-refractivity contribution < 1.29 is 4.74 Å². The molecule has 1 aromatic heterocycles. The first-order chi connectivity index (χ1) is 9.78. The number of aryl methyl sites for hydroxylation is 2. The highest BCUT2D eigenvalue weighted by Gasteiger charge is 2.15. The monoisotopic (exact) mass is 272 g/mol. The Kier molecular flexibility index (Phi) is 3.58. The van der Waals surface area contributed by atoms with Crippen LogP contribution in [0.3, 0.4) is 0 Å². The number of nitrogen functional groups attached to an aromatic ring is 1. The summed E-state index contributed by atoms with van der Waals surface area (Å²) in [5.41, 5.74) is 7.63. The van der Waals surface area contributed by atoms with Gasteiger partial charge >= 0.3 is 0 Å². The van der Waals surface area contributed by atoms with Crippen LogP contribution in [0.25, 0.3) is 11.4 Å². The van der Waals surface area contributed by atoms with Crippen LogP contribution in [-0.2, 0) is 13.0 Å². The molecule has 2 aromatic rings. The maximum absolute atomic E-state index is 6.03. The number of aromatic nitrogens is 3. The molecule has 0 aliphatic carbocycles. The molecule has 0 bridgehead atoms. The molecule has 0 fully saturated rings. The normalized spacial score (nSPS) is 14.1. The SMILES string of the molecule is CCCOc1ccc(-c2nc3n(n2)CCCC3)cc1N. The number of ether oxygens (including phenoxy) is 1. The molecule has 0 amide bonds. The van der Waals surface area contributed by atoms with E-state index in [1.807, 2.05) is 22.9 Å². The van der Waals surface area contributed by atoms with E-state index in [-0.39, 0.29) is 0 Å². The first kappa shape index (κ1) is 13.0. The van der Waals surface area contributed by atoms with Gasteiger partial charge in [0.05, 0.1) is 12.3 Å². The zero-order valence-corrected chi connectivity index (χ0v) is 11.8. The Balaban J connectivity index is 1.86. The summed E-state index contributed by atoms with van der Waals surface area (Å²) in [6.07, 6.45) is 4.36. The first-order valence-electron chi connectivity index (χ1n) is 7.24. The highest BCUT2D eigenvalue weighted by atomic mass is 16.5. The zero-order chi connectivity index (χ0) is 13.9. The Bertz CT molecular complexity index is 582. The largest absolute Gasteiger partial charge is 0.491 e. The van der Waals surface area contributed by atoms with E-state index in [1.165, 1.54) is 12.8 Å². The minimum absolute atomic E-state index is 0.642. The number of hydrogen-bond acceptors (Lipinski definition) is 4. The first-order valence-corrected chi connectivity index (χ1v) is 7.24. The number of nitrogens with two attached hydrogens (primary N) is 1. The Labute approximate surface area is 118 Å². The summed E-state index contributed by atoms with van der Waals surface area (Å²) >= 11 is 0. The predicted octanol–water partition coefficient (Wildman–Crippen LogP) is 2.65. The molecule has 1 aliphatic heterocycles. The molecule has 0 saturated heterocycles. The lowest BCUT2D eigenvalue weighted by molar-refractivity contribution is 0.319. The van der Waals surface area contributed by atoms with Crippen molar-refractivity contribution in [1.29, 1.82) is 0 Å². The van der Waals surface area contributed by atoms with Gasteiger partial charge in [0, 0.05) is 18.5 Å². The lowest BCUT2D eigenvalue weighted by Crippen LogP contribution is -2.11. The smallest absolute Gasteiger partial charge is 0.181 e. The summed E-state index contributed by atoms with van der Waals surface area (Å²) in [5.74, 6) is 2.58. The van der Waals surface area contributed by atoms with Crippen LogP contribution in [0.2, 0.25) is 0 Å². The maximum atomic E-state index is 6.03. The molecule has 3 rings (SSSR count). The zero-order valence-electron chi connectivity index (χ0n) is 11.8. The molecule has 106 valence electrons. The predicted molar refractivity (Wildman–Crippen MR) is 78.6 cm³/mol. The van der Waals surface area contributed by atoms with Crippen molar-refractivity contribution in [3.63, 3.8) is 0 Å². The van der Waals surface area contributed by atoms with E-state index >= 15 is 0 Å². The molecule has 5 heteroatoms. The van der Waals surface area contributed by atoms with Gasteiger partial charge in [-0.25, -0.2) is 9.67 Å². The van der Waals surface area contributed by atoms with Gasteiger partial charge in [-0.1, -0.05) is 6.92 Å². The lowest BCUT2D eigenvalue weighted by Gasteiger charge is -2.09. The molecule has 0 atom stereocenters. The van der Waals surface area contributed by atoms with Gasteiger partial charge in [0.2, 0.25) is 0 Å². The lowest BCUT2D eigenvalue weighted by atomic mass is 10.1. The molecule has 2 heterocycles.